The average Bonchev–Trinajstić information content (AvgIpc) is 2.26. The van der Waals surface area contributed by atoms with Gasteiger partial charge in [-0.05, 0) is 24.1 Å². The normalized spacial score (nSPS) is 12.6. The highest BCUT2D eigenvalue weighted by molar-refractivity contribution is 6.36. The molecule has 1 atom stereocenters. The van der Waals surface area contributed by atoms with Gasteiger partial charge in [0.2, 0.25) is 0 Å². The lowest BCUT2D eigenvalue weighted by Gasteiger charge is -2.25. The molecular weight excluding hydrogens is 277 g/mol. The molecule has 4 nitrogen and oxygen atoms in total. The first kappa shape index (κ1) is 15.1. The zero-order valence-corrected chi connectivity index (χ0v) is 11.6. The Morgan fingerprint density at radius 3 is 2.44 bits per heavy atom. The van der Waals surface area contributed by atoms with Crippen LogP contribution in [0.15, 0.2) is 18.2 Å². The van der Waals surface area contributed by atoms with Gasteiger partial charge in [-0.15, -0.1) is 0 Å². The van der Waals surface area contributed by atoms with Gasteiger partial charge in [0, 0.05) is 5.02 Å². The Kier molecular flexibility index (Phi) is 5.26. The fourth-order valence-electron chi connectivity index (χ4n) is 1.38. The fraction of sp³-hybridized carbons (Fsp3) is 0.417. The average molecular weight is 292 g/mol. The molecule has 100 valence electrons. The van der Waals surface area contributed by atoms with E-state index in [-0.39, 0.29) is 17.5 Å². The molecule has 0 heterocycles. The number of rotatable bonds is 4. The minimum absolute atomic E-state index is 0.0334. The molecule has 0 saturated carbocycles. The summed E-state index contributed by atoms with van der Waals surface area (Å²) in [6, 6.07) is 4.54. The maximum absolute atomic E-state index is 11.2. The molecule has 0 aliphatic heterocycles. The van der Waals surface area contributed by atoms with Crippen LogP contribution in [0.5, 0.6) is 0 Å². The van der Waals surface area contributed by atoms with E-state index in [1.54, 1.807) is 6.07 Å². The van der Waals surface area contributed by atoms with Crippen LogP contribution in [0, 0.1) is 5.92 Å². The summed E-state index contributed by atoms with van der Waals surface area (Å²) in [5.41, 5.74) is 0.313. The molecule has 0 unspecified atom stereocenters. The lowest BCUT2D eigenvalue weighted by Crippen LogP contribution is -2.38. The summed E-state index contributed by atoms with van der Waals surface area (Å²) < 4.78 is 0. The van der Waals surface area contributed by atoms with Crippen molar-refractivity contribution in [1.29, 1.82) is 0 Å². The predicted molar refractivity (Wildman–Crippen MR) is 72.7 cm³/mol. The van der Waals surface area contributed by atoms with Gasteiger partial charge < -0.3 is 10.2 Å². The molecular formula is C12H15Cl2NO3. The van der Waals surface area contributed by atoms with Crippen molar-refractivity contribution in [3.63, 3.8) is 0 Å². The first-order valence-electron chi connectivity index (χ1n) is 5.46. The number of halogens is 2. The van der Waals surface area contributed by atoms with Gasteiger partial charge in [-0.3, -0.25) is 4.90 Å². The Balaban J connectivity index is 3.01. The quantitative estimate of drug-likeness (QED) is 0.893. The number of aliphatic hydroxyl groups excluding tert-OH is 1. The van der Waals surface area contributed by atoms with Crippen molar-refractivity contribution >= 4 is 35.0 Å². The number of hydrogen-bond donors (Lipinski definition) is 2. The molecule has 1 aromatic rings. The summed E-state index contributed by atoms with van der Waals surface area (Å²) in [7, 11) is 0. The van der Waals surface area contributed by atoms with Crippen molar-refractivity contribution in [3.05, 3.63) is 28.2 Å². The van der Waals surface area contributed by atoms with Crippen molar-refractivity contribution in [3.8, 4) is 0 Å². The lowest BCUT2D eigenvalue weighted by atomic mass is 10.1. The van der Waals surface area contributed by atoms with E-state index in [0.717, 1.165) is 4.90 Å². The van der Waals surface area contributed by atoms with E-state index >= 15 is 0 Å². The summed E-state index contributed by atoms with van der Waals surface area (Å²) in [5.74, 6) is -0.0436. The fourth-order valence-corrected chi connectivity index (χ4v) is 1.89. The Morgan fingerprint density at radius 1 is 1.39 bits per heavy atom. The second kappa shape index (κ2) is 6.27. The van der Waals surface area contributed by atoms with Crippen LogP contribution < -0.4 is 4.90 Å². The van der Waals surface area contributed by atoms with Crippen molar-refractivity contribution in [2.75, 3.05) is 11.4 Å². The van der Waals surface area contributed by atoms with Gasteiger partial charge in [0.05, 0.1) is 23.4 Å². The minimum atomic E-state index is -1.17. The molecule has 1 rings (SSSR count). The number of carbonyl (C=O) groups is 1. The first-order valence-corrected chi connectivity index (χ1v) is 6.22. The molecule has 0 saturated heterocycles. The van der Waals surface area contributed by atoms with Crippen LogP contribution in [0.3, 0.4) is 0 Å². The third-order valence-electron chi connectivity index (χ3n) is 2.57. The van der Waals surface area contributed by atoms with Gasteiger partial charge in [0.25, 0.3) is 0 Å². The van der Waals surface area contributed by atoms with E-state index in [2.05, 4.69) is 0 Å². The molecule has 1 amide bonds. The molecule has 0 aliphatic carbocycles. The molecule has 6 heteroatoms. The number of hydrogen-bond acceptors (Lipinski definition) is 2. The molecule has 0 aliphatic rings. The molecule has 0 fully saturated rings. The van der Waals surface area contributed by atoms with Crippen molar-refractivity contribution in [2.45, 2.75) is 20.0 Å². The van der Waals surface area contributed by atoms with E-state index in [0.29, 0.717) is 10.7 Å². The predicted octanol–water partition coefficient (Wildman–Crippen LogP) is 3.49. The van der Waals surface area contributed by atoms with E-state index in [1.165, 1.54) is 12.1 Å². The summed E-state index contributed by atoms with van der Waals surface area (Å²) in [4.78, 5) is 12.2. The van der Waals surface area contributed by atoms with Crippen LogP contribution in [-0.2, 0) is 0 Å². The van der Waals surface area contributed by atoms with Crippen molar-refractivity contribution < 1.29 is 15.0 Å². The Morgan fingerprint density at radius 2 is 2.00 bits per heavy atom. The summed E-state index contributed by atoms with van der Waals surface area (Å²) >= 11 is 11.7. The van der Waals surface area contributed by atoms with Crippen LogP contribution in [0.2, 0.25) is 10.0 Å². The highest BCUT2D eigenvalue weighted by Crippen LogP contribution is 2.29. The van der Waals surface area contributed by atoms with Gasteiger partial charge in [-0.2, -0.15) is 0 Å². The second-order valence-electron chi connectivity index (χ2n) is 4.30. The standard InChI is InChI=1S/C12H15Cl2NO3/c1-7(2)11(16)6-15(12(17)18)10-4-3-8(13)5-9(10)14/h3-5,7,11,16H,6H2,1-2H3,(H,17,18)/t11-/m1/s1. The number of anilines is 1. The third kappa shape index (κ3) is 3.77. The molecule has 0 aromatic heterocycles. The molecule has 0 radical (unpaired) electrons. The largest absolute Gasteiger partial charge is 0.465 e. The highest BCUT2D eigenvalue weighted by atomic mass is 35.5. The number of aliphatic hydroxyl groups is 1. The smallest absolute Gasteiger partial charge is 0.411 e. The summed E-state index contributed by atoms with van der Waals surface area (Å²) in [5, 5.41) is 19.6. The Bertz CT molecular complexity index is 437. The molecule has 18 heavy (non-hydrogen) atoms. The minimum Gasteiger partial charge on any atom is -0.465 e. The second-order valence-corrected chi connectivity index (χ2v) is 5.14. The van der Waals surface area contributed by atoms with Crippen LogP contribution in [-0.4, -0.2) is 29.0 Å². The maximum Gasteiger partial charge on any atom is 0.411 e. The van der Waals surface area contributed by atoms with Crippen LogP contribution in [0.25, 0.3) is 0 Å². The first-order chi connectivity index (χ1) is 8.32. The van der Waals surface area contributed by atoms with E-state index < -0.39 is 12.2 Å². The van der Waals surface area contributed by atoms with Crippen LogP contribution in [0.4, 0.5) is 10.5 Å². The topological polar surface area (TPSA) is 60.8 Å². The van der Waals surface area contributed by atoms with Crippen molar-refractivity contribution in [2.24, 2.45) is 5.92 Å². The highest BCUT2D eigenvalue weighted by Gasteiger charge is 2.22. The lowest BCUT2D eigenvalue weighted by molar-refractivity contribution is 0.127. The summed E-state index contributed by atoms with van der Waals surface area (Å²) in [6.07, 6.45) is -1.92. The molecule has 0 spiro atoms. The Hall–Kier alpha value is -0.970. The van der Waals surface area contributed by atoms with Gasteiger partial charge in [0.1, 0.15) is 0 Å². The van der Waals surface area contributed by atoms with E-state index in [9.17, 15) is 15.0 Å². The summed E-state index contributed by atoms with van der Waals surface area (Å²) in [6.45, 7) is 3.59. The van der Waals surface area contributed by atoms with Crippen LogP contribution in [0.1, 0.15) is 13.8 Å². The monoisotopic (exact) mass is 291 g/mol. The molecule has 1 aromatic carbocycles. The van der Waals surface area contributed by atoms with Gasteiger partial charge >= 0.3 is 6.09 Å². The number of amides is 1. The zero-order valence-electron chi connectivity index (χ0n) is 10.1. The molecule has 0 bridgehead atoms. The number of benzene rings is 1. The molecule has 2 N–H and O–H groups in total. The third-order valence-corrected chi connectivity index (χ3v) is 3.11. The van der Waals surface area contributed by atoms with Gasteiger partial charge in [0.15, 0.2) is 0 Å². The van der Waals surface area contributed by atoms with Gasteiger partial charge in [-0.25, -0.2) is 4.79 Å². The number of nitrogens with zero attached hydrogens (tertiary/aromatic N) is 1. The maximum atomic E-state index is 11.2. The SMILES string of the molecule is CC(C)[C@H](O)CN(C(=O)O)c1ccc(Cl)cc1Cl. The van der Waals surface area contributed by atoms with E-state index in [1.807, 2.05) is 13.8 Å². The van der Waals surface area contributed by atoms with Gasteiger partial charge in [-0.1, -0.05) is 37.0 Å². The zero-order chi connectivity index (χ0) is 13.9. The Labute approximate surface area is 116 Å². The number of carboxylic acid groups (broad SMARTS) is 1. The van der Waals surface area contributed by atoms with E-state index in [4.69, 9.17) is 23.2 Å². The van der Waals surface area contributed by atoms with Crippen molar-refractivity contribution in [1.82, 2.24) is 0 Å². The van der Waals surface area contributed by atoms with Crippen LogP contribution >= 0.6 is 23.2 Å².